The Balaban J connectivity index is 2.23. The highest BCUT2D eigenvalue weighted by Crippen LogP contribution is 2.06. The predicted octanol–water partition coefficient (Wildman–Crippen LogP) is 2.05. The number of hydrogen-bond donors (Lipinski definition) is 1. The van der Waals surface area contributed by atoms with Gasteiger partial charge in [-0.1, -0.05) is 0 Å². The molecule has 1 aromatic rings. The quantitative estimate of drug-likeness (QED) is 0.835. The first-order chi connectivity index (χ1) is 7.61. The summed E-state index contributed by atoms with van der Waals surface area (Å²) in [6.45, 7) is 8.74. The number of aromatic nitrogens is 2. The summed E-state index contributed by atoms with van der Waals surface area (Å²) in [5.41, 5.74) is 0. The fourth-order valence-electron chi connectivity index (χ4n) is 1.49. The topological polar surface area (TPSA) is 39.1 Å². The molecular formula is C11H20BrN3O. The highest BCUT2D eigenvalue weighted by molar-refractivity contribution is 9.10. The number of hydrogen-bond acceptors (Lipinski definition) is 3. The lowest BCUT2D eigenvalue weighted by molar-refractivity contribution is 0.0738. The summed E-state index contributed by atoms with van der Waals surface area (Å²) in [5, 5.41) is 7.64. The summed E-state index contributed by atoms with van der Waals surface area (Å²) < 4.78 is 8.39. The summed E-state index contributed by atoms with van der Waals surface area (Å²) in [4.78, 5) is 0. The third-order valence-electron chi connectivity index (χ3n) is 2.27. The third-order valence-corrected chi connectivity index (χ3v) is 2.68. The maximum absolute atomic E-state index is 5.45. The molecule has 0 aliphatic carbocycles. The van der Waals surface area contributed by atoms with Gasteiger partial charge in [-0.25, -0.2) is 0 Å². The first-order valence-electron chi connectivity index (χ1n) is 5.64. The van der Waals surface area contributed by atoms with Crippen molar-refractivity contribution in [2.45, 2.75) is 39.5 Å². The minimum absolute atomic E-state index is 0.261. The van der Waals surface area contributed by atoms with Gasteiger partial charge in [-0.2, -0.15) is 5.10 Å². The van der Waals surface area contributed by atoms with Gasteiger partial charge in [0.05, 0.1) is 23.3 Å². The second-order valence-electron chi connectivity index (χ2n) is 3.96. The zero-order chi connectivity index (χ0) is 12.0. The average Bonchev–Trinajstić information content (AvgIpc) is 2.61. The van der Waals surface area contributed by atoms with Crippen molar-refractivity contribution in [2.24, 2.45) is 0 Å². The molecule has 1 N–H and O–H groups in total. The lowest BCUT2D eigenvalue weighted by Crippen LogP contribution is -2.36. The van der Waals surface area contributed by atoms with Crippen LogP contribution in [0.5, 0.6) is 0 Å². The minimum Gasteiger partial charge on any atom is -0.377 e. The lowest BCUT2D eigenvalue weighted by atomic mass is 10.3. The van der Waals surface area contributed by atoms with Gasteiger partial charge >= 0.3 is 0 Å². The van der Waals surface area contributed by atoms with Crippen LogP contribution in [-0.2, 0) is 11.3 Å². The number of ether oxygens (including phenoxy) is 1. The van der Waals surface area contributed by atoms with Gasteiger partial charge in [0.2, 0.25) is 0 Å². The van der Waals surface area contributed by atoms with Crippen LogP contribution in [0.15, 0.2) is 16.9 Å². The van der Waals surface area contributed by atoms with Crippen LogP contribution in [0.25, 0.3) is 0 Å². The van der Waals surface area contributed by atoms with E-state index in [2.05, 4.69) is 40.2 Å². The average molecular weight is 290 g/mol. The van der Waals surface area contributed by atoms with Crippen molar-refractivity contribution in [1.29, 1.82) is 0 Å². The van der Waals surface area contributed by atoms with Crippen LogP contribution in [0.3, 0.4) is 0 Å². The Bertz CT molecular complexity index is 303. The number of halogens is 1. The monoisotopic (exact) mass is 289 g/mol. The van der Waals surface area contributed by atoms with Crippen molar-refractivity contribution < 1.29 is 4.74 Å². The van der Waals surface area contributed by atoms with Gasteiger partial charge in [-0.3, -0.25) is 4.68 Å². The smallest absolute Gasteiger partial charge is 0.0671 e. The van der Waals surface area contributed by atoms with Gasteiger partial charge < -0.3 is 10.1 Å². The molecule has 0 spiro atoms. The van der Waals surface area contributed by atoms with Crippen molar-refractivity contribution in [2.75, 3.05) is 13.2 Å². The normalized spacial score (nSPS) is 15.0. The van der Waals surface area contributed by atoms with Crippen LogP contribution in [0, 0.1) is 0 Å². The van der Waals surface area contributed by atoms with Crippen LogP contribution in [0.4, 0.5) is 0 Å². The van der Waals surface area contributed by atoms with Crippen molar-refractivity contribution >= 4 is 15.9 Å². The SMILES string of the molecule is CCOC(C)CNC(C)Cn1cc(Br)cn1. The van der Waals surface area contributed by atoms with E-state index >= 15 is 0 Å². The molecule has 92 valence electrons. The molecule has 0 aliphatic heterocycles. The number of nitrogens with zero attached hydrogens (tertiary/aromatic N) is 2. The molecule has 2 atom stereocenters. The van der Waals surface area contributed by atoms with E-state index in [1.165, 1.54) is 0 Å². The Hall–Kier alpha value is -0.390. The fourth-order valence-corrected chi connectivity index (χ4v) is 1.82. The molecule has 0 fully saturated rings. The summed E-state index contributed by atoms with van der Waals surface area (Å²) >= 11 is 3.38. The maximum Gasteiger partial charge on any atom is 0.0671 e. The Labute approximate surface area is 105 Å². The Morgan fingerprint density at radius 3 is 2.88 bits per heavy atom. The fraction of sp³-hybridized carbons (Fsp3) is 0.727. The highest BCUT2D eigenvalue weighted by atomic mass is 79.9. The van der Waals surface area contributed by atoms with Crippen molar-refractivity contribution in [1.82, 2.24) is 15.1 Å². The van der Waals surface area contributed by atoms with Crippen molar-refractivity contribution in [3.05, 3.63) is 16.9 Å². The van der Waals surface area contributed by atoms with E-state index in [0.29, 0.717) is 6.04 Å². The van der Waals surface area contributed by atoms with E-state index in [4.69, 9.17) is 4.74 Å². The van der Waals surface area contributed by atoms with E-state index in [-0.39, 0.29) is 6.10 Å². The van der Waals surface area contributed by atoms with E-state index in [1.807, 2.05) is 17.8 Å². The molecule has 16 heavy (non-hydrogen) atoms. The van der Waals surface area contributed by atoms with Crippen LogP contribution in [0.1, 0.15) is 20.8 Å². The van der Waals surface area contributed by atoms with Gasteiger partial charge in [0.1, 0.15) is 0 Å². The van der Waals surface area contributed by atoms with Crippen LogP contribution in [0.2, 0.25) is 0 Å². The summed E-state index contributed by atoms with van der Waals surface area (Å²) in [6, 6.07) is 0.384. The molecule has 0 aliphatic rings. The van der Waals surface area contributed by atoms with E-state index in [0.717, 1.165) is 24.2 Å². The standard InChI is InChI=1S/C11H20BrN3O/c1-4-16-10(3)5-13-9(2)7-15-8-11(12)6-14-15/h6,8-10,13H,4-5,7H2,1-3H3. The molecule has 4 nitrogen and oxygen atoms in total. The second-order valence-corrected chi connectivity index (χ2v) is 4.87. The molecule has 0 radical (unpaired) electrons. The van der Waals surface area contributed by atoms with Gasteiger partial charge in [0.15, 0.2) is 0 Å². The Morgan fingerprint density at radius 1 is 1.56 bits per heavy atom. The zero-order valence-corrected chi connectivity index (χ0v) is 11.7. The number of rotatable bonds is 7. The molecule has 0 saturated carbocycles. The van der Waals surface area contributed by atoms with Crippen molar-refractivity contribution in [3.63, 3.8) is 0 Å². The lowest BCUT2D eigenvalue weighted by Gasteiger charge is -2.17. The first kappa shape index (κ1) is 13.7. The molecule has 1 heterocycles. The molecule has 0 amide bonds. The molecule has 5 heteroatoms. The Kier molecular flexibility index (Phi) is 6.01. The zero-order valence-electron chi connectivity index (χ0n) is 10.1. The highest BCUT2D eigenvalue weighted by Gasteiger charge is 2.06. The van der Waals surface area contributed by atoms with Gasteiger partial charge in [-0.05, 0) is 36.7 Å². The molecule has 0 saturated heterocycles. The predicted molar refractivity (Wildman–Crippen MR) is 68.5 cm³/mol. The summed E-state index contributed by atoms with van der Waals surface area (Å²) in [5.74, 6) is 0. The minimum atomic E-state index is 0.261. The Morgan fingerprint density at radius 2 is 2.31 bits per heavy atom. The second kappa shape index (κ2) is 7.04. The van der Waals surface area contributed by atoms with E-state index in [1.54, 1.807) is 6.20 Å². The molecule has 1 aromatic heterocycles. The molecular weight excluding hydrogens is 270 g/mol. The molecule has 2 unspecified atom stereocenters. The van der Waals surface area contributed by atoms with Gasteiger partial charge in [0.25, 0.3) is 0 Å². The largest absolute Gasteiger partial charge is 0.377 e. The number of nitrogens with one attached hydrogen (secondary N) is 1. The molecule has 0 bridgehead atoms. The van der Waals surface area contributed by atoms with E-state index in [9.17, 15) is 0 Å². The first-order valence-corrected chi connectivity index (χ1v) is 6.44. The molecule has 0 aromatic carbocycles. The maximum atomic E-state index is 5.45. The third kappa shape index (κ3) is 5.09. The van der Waals surface area contributed by atoms with Crippen LogP contribution in [-0.4, -0.2) is 35.1 Å². The summed E-state index contributed by atoms with van der Waals surface area (Å²) in [6.07, 6.45) is 4.04. The van der Waals surface area contributed by atoms with Gasteiger partial charge in [0, 0.05) is 25.4 Å². The van der Waals surface area contributed by atoms with Gasteiger partial charge in [-0.15, -0.1) is 0 Å². The van der Waals surface area contributed by atoms with Crippen LogP contribution >= 0.6 is 15.9 Å². The molecule has 1 rings (SSSR count). The summed E-state index contributed by atoms with van der Waals surface area (Å²) in [7, 11) is 0. The van der Waals surface area contributed by atoms with Crippen LogP contribution < -0.4 is 5.32 Å². The van der Waals surface area contributed by atoms with E-state index < -0.39 is 0 Å². The van der Waals surface area contributed by atoms with Crippen molar-refractivity contribution in [3.8, 4) is 0 Å².